The predicted octanol–water partition coefficient (Wildman–Crippen LogP) is 1.05. The van der Waals surface area contributed by atoms with Gasteiger partial charge in [0.1, 0.15) is 11.5 Å². The molecular formula is C15H20N6OS. The van der Waals surface area contributed by atoms with Gasteiger partial charge in [0.15, 0.2) is 0 Å². The van der Waals surface area contributed by atoms with Crippen LogP contribution in [0.15, 0.2) is 17.8 Å². The largest absolute Gasteiger partial charge is 0.364 e. The van der Waals surface area contributed by atoms with Crippen LogP contribution in [0.3, 0.4) is 0 Å². The standard InChI is InChI=1S/C15H20N6OS/c1-11-18-12(10-23-11)9-20-3-2-4-21(6-5-20)14-8-17-7-13(19-14)15(16)22/h7-8,10H,2-6,9H2,1H3,(H2,16,22). The third kappa shape index (κ3) is 4.02. The zero-order valence-corrected chi connectivity index (χ0v) is 13.9. The Morgan fingerprint density at radius 1 is 1.26 bits per heavy atom. The van der Waals surface area contributed by atoms with Gasteiger partial charge >= 0.3 is 0 Å². The van der Waals surface area contributed by atoms with E-state index in [1.807, 2.05) is 6.92 Å². The third-order valence-corrected chi connectivity index (χ3v) is 4.66. The average molecular weight is 332 g/mol. The molecule has 1 amide bonds. The van der Waals surface area contributed by atoms with Gasteiger partial charge in [0.05, 0.1) is 23.1 Å². The topological polar surface area (TPSA) is 88.2 Å². The highest BCUT2D eigenvalue weighted by Crippen LogP contribution is 2.16. The third-order valence-electron chi connectivity index (χ3n) is 3.84. The van der Waals surface area contributed by atoms with Gasteiger partial charge in [0.25, 0.3) is 5.91 Å². The zero-order valence-electron chi connectivity index (χ0n) is 13.1. The maximum absolute atomic E-state index is 11.2. The molecule has 0 aliphatic carbocycles. The van der Waals surface area contributed by atoms with Crippen molar-refractivity contribution in [2.75, 3.05) is 31.1 Å². The molecule has 1 aliphatic rings. The first-order valence-electron chi connectivity index (χ1n) is 7.62. The summed E-state index contributed by atoms with van der Waals surface area (Å²) in [4.78, 5) is 28.7. The molecule has 1 aliphatic heterocycles. The highest BCUT2D eigenvalue weighted by atomic mass is 32.1. The second kappa shape index (κ2) is 7.01. The van der Waals surface area contributed by atoms with Gasteiger partial charge in [-0.2, -0.15) is 0 Å². The van der Waals surface area contributed by atoms with Gasteiger partial charge in [0.2, 0.25) is 0 Å². The summed E-state index contributed by atoms with van der Waals surface area (Å²) in [5.74, 6) is 0.169. The van der Waals surface area contributed by atoms with Crippen LogP contribution in [-0.2, 0) is 6.54 Å². The number of nitrogens with two attached hydrogens (primary N) is 1. The summed E-state index contributed by atoms with van der Waals surface area (Å²) < 4.78 is 0. The van der Waals surface area contributed by atoms with E-state index in [1.54, 1.807) is 17.5 Å². The van der Waals surface area contributed by atoms with Crippen molar-refractivity contribution < 1.29 is 4.79 Å². The molecule has 0 spiro atoms. The molecule has 0 radical (unpaired) electrons. The fourth-order valence-corrected chi connectivity index (χ4v) is 3.30. The summed E-state index contributed by atoms with van der Waals surface area (Å²) in [6, 6.07) is 0. The maximum Gasteiger partial charge on any atom is 0.268 e. The number of primary amides is 1. The van der Waals surface area contributed by atoms with Crippen molar-refractivity contribution >= 4 is 23.1 Å². The van der Waals surface area contributed by atoms with E-state index in [4.69, 9.17) is 5.73 Å². The molecule has 1 fully saturated rings. The number of hydrogen-bond donors (Lipinski definition) is 1. The maximum atomic E-state index is 11.2. The number of aryl methyl sites for hydroxylation is 1. The number of nitrogens with zero attached hydrogens (tertiary/aromatic N) is 5. The van der Waals surface area contributed by atoms with E-state index in [1.165, 1.54) is 6.20 Å². The SMILES string of the molecule is Cc1nc(CN2CCCN(c3cncc(C(N)=O)n3)CC2)cs1. The van der Waals surface area contributed by atoms with E-state index in [0.717, 1.165) is 49.8 Å². The minimum atomic E-state index is -0.547. The number of anilines is 1. The molecule has 2 aromatic rings. The van der Waals surface area contributed by atoms with E-state index < -0.39 is 5.91 Å². The molecule has 2 N–H and O–H groups in total. The first kappa shape index (κ1) is 15.8. The van der Waals surface area contributed by atoms with E-state index in [2.05, 4.69) is 30.1 Å². The molecule has 8 heteroatoms. The predicted molar refractivity (Wildman–Crippen MR) is 89.5 cm³/mol. The molecule has 122 valence electrons. The minimum absolute atomic E-state index is 0.210. The van der Waals surface area contributed by atoms with Crippen molar-refractivity contribution in [3.63, 3.8) is 0 Å². The van der Waals surface area contributed by atoms with Gasteiger partial charge in [-0.15, -0.1) is 11.3 Å². The Balaban J connectivity index is 1.64. The lowest BCUT2D eigenvalue weighted by atomic mass is 10.3. The van der Waals surface area contributed by atoms with Gasteiger partial charge in [-0.1, -0.05) is 0 Å². The molecule has 0 atom stereocenters. The van der Waals surface area contributed by atoms with Gasteiger partial charge in [-0.3, -0.25) is 14.7 Å². The summed E-state index contributed by atoms with van der Waals surface area (Å²) in [6.45, 7) is 6.60. The number of aromatic nitrogens is 3. The van der Waals surface area contributed by atoms with Crippen molar-refractivity contribution in [2.24, 2.45) is 5.73 Å². The van der Waals surface area contributed by atoms with Crippen molar-refractivity contribution in [3.05, 3.63) is 34.2 Å². The lowest BCUT2D eigenvalue weighted by Gasteiger charge is -2.22. The van der Waals surface area contributed by atoms with Gasteiger partial charge < -0.3 is 10.6 Å². The molecular weight excluding hydrogens is 312 g/mol. The van der Waals surface area contributed by atoms with Gasteiger partial charge in [-0.25, -0.2) is 9.97 Å². The smallest absolute Gasteiger partial charge is 0.268 e. The van der Waals surface area contributed by atoms with Crippen LogP contribution in [0.2, 0.25) is 0 Å². The summed E-state index contributed by atoms with van der Waals surface area (Å²) >= 11 is 1.69. The molecule has 0 aromatic carbocycles. The van der Waals surface area contributed by atoms with E-state index in [9.17, 15) is 4.79 Å². The minimum Gasteiger partial charge on any atom is -0.364 e. The molecule has 2 aromatic heterocycles. The number of carbonyl (C=O) groups is 1. The lowest BCUT2D eigenvalue weighted by Crippen LogP contribution is -2.31. The lowest BCUT2D eigenvalue weighted by molar-refractivity contribution is 0.0995. The Labute approximate surface area is 139 Å². The Morgan fingerprint density at radius 2 is 2.13 bits per heavy atom. The van der Waals surface area contributed by atoms with Crippen molar-refractivity contribution in [3.8, 4) is 0 Å². The Kier molecular flexibility index (Phi) is 4.82. The number of hydrogen-bond acceptors (Lipinski definition) is 7. The summed E-state index contributed by atoms with van der Waals surface area (Å²) in [5, 5.41) is 3.23. The fourth-order valence-electron chi connectivity index (χ4n) is 2.69. The molecule has 0 unspecified atom stereocenters. The van der Waals surface area contributed by atoms with Crippen LogP contribution in [0.25, 0.3) is 0 Å². The van der Waals surface area contributed by atoms with Crippen molar-refractivity contribution in [1.29, 1.82) is 0 Å². The highest BCUT2D eigenvalue weighted by Gasteiger charge is 2.18. The molecule has 3 heterocycles. The summed E-state index contributed by atoms with van der Waals surface area (Å²) in [7, 11) is 0. The van der Waals surface area contributed by atoms with E-state index >= 15 is 0 Å². The van der Waals surface area contributed by atoms with Crippen LogP contribution in [-0.4, -0.2) is 51.9 Å². The van der Waals surface area contributed by atoms with Gasteiger partial charge in [-0.05, 0) is 13.3 Å². The monoisotopic (exact) mass is 332 g/mol. The number of rotatable bonds is 4. The molecule has 3 rings (SSSR count). The molecule has 0 saturated carbocycles. The van der Waals surface area contributed by atoms with Crippen LogP contribution in [0, 0.1) is 6.92 Å². The quantitative estimate of drug-likeness (QED) is 0.900. The zero-order chi connectivity index (χ0) is 16.2. The summed E-state index contributed by atoms with van der Waals surface area (Å²) in [5.41, 5.74) is 6.62. The number of carbonyl (C=O) groups excluding carboxylic acids is 1. The van der Waals surface area contributed by atoms with E-state index in [-0.39, 0.29) is 5.69 Å². The van der Waals surface area contributed by atoms with E-state index in [0.29, 0.717) is 5.82 Å². The second-order valence-electron chi connectivity index (χ2n) is 5.60. The average Bonchev–Trinajstić information content (AvgIpc) is 2.81. The van der Waals surface area contributed by atoms with Crippen LogP contribution in [0.4, 0.5) is 5.82 Å². The molecule has 23 heavy (non-hydrogen) atoms. The Hall–Kier alpha value is -2.06. The van der Waals surface area contributed by atoms with Crippen molar-refractivity contribution in [1.82, 2.24) is 19.9 Å². The van der Waals surface area contributed by atoms with Crippen LogP contribution in [0.1, 0.15) is 27.6 Å². The fraction of sp³-hybridized carbons (Fsp3) is 0.467. The number of thiazole rings is 1. The summed E-state index contributed by atoms with van der Waals surface area (Å²) in [6.07, 6.45) is 4.12. The first-order chi connectivity index (χ1) is 11.1. The normalized spacial score (nSPS) is 16.3. The molecule has 7 nitrogen and oxygen atoms in total. The first-order valence-corrected chi connectivity index (χ1v) is 8.50. The highest BCUT2D eigenvalue weighted by molar-refractivity contribution is 7.09. The number of amides is 1. The van der Waals surface area contributed by atoms with Gasteiger partial charge in [0, 0.05) is 38.1 Å². The van der Waals surface area contributed by atoms with Crippen LogP contribution < -0.4 is 10.6 Å². The Bertz CT molecular complexity index is 688. The second-order valence-corrected chi connectivity index (χ2v) is 6.66. The molecule has 1 saturated heterocycles. The van der Waals surface area contributed by atoms with Crippen LogP contribution >= 0.6 is 11.3 Å². The van der Waals surface area contributed by atoms with Crippen LogP contribution in [0.5, 0.6) is 0 Å². The molecule has 0 bridgehead atoms. The van der Waals surface area contributed by atoms with Crippen molar-refractivity contribution in [2.45, 2.75) is 19.9 Å². The Morgan fingerprint density at radius 3 is 2.87 bits per heavy atom.